The molecule has 0 spiro atoms. The molecule has 0 saturated heterocycles. The van der Waals surface area contributed by atoms with Gasteiger partial charge in [-0.25, -0.2) is 13.8 Å². The largest absolute Gasteiger partial charge is 0.370 e. The van der Waals surface area contributed by atoms with Crippen LogP contribution in [-0.2, 0) is 6.54 Å². The highest BCUT2D eigenvalue weighted by atomic mass is 19.3. The van der Waals surface area contributed by atoms with Gasteiger partial charge in [-0.3, -0.25) is 0 Å². The molecule has 0 fully saturated rings. The van der Waals surface area contributed by atoms with E-state index in [4.69, 9.17) is 5.73 Å². The van der Waals surface area contributed by atoms with E-state index in [0.717, 1.165) is 12.5 Å². The van der Waals surface area contributed by atoms with Gasteiger partial charge in [-0.1, -0.05) is 30.3 Å². The quantitative estimate of drug-likeness (QED) is 0.613. The van der Waals surface area contributed by atoms with Crippen LogP contribution in [0.1, 0.15) is 18.9 Å². The van der Waals surface area contributed by atoms with Gasteiger partial charge in [-0.2, -0.15) is 0 Å². The van der Waals surface area contributed by atoms with Crippen molar-refractivity contribution in [1.29, 1.82) is 0 Å². The SMILES string of the molecule is CC(F)(F)CCNC(N)=NCc1ccccc1. The summed E-state index contributed by atoms with van der Waals surface area (Å²) in [6.07, 6.45) is -0.255. The van der Waals surface area contributed by atoms with Crippen molar-refractivity contribution in [3.63, 3.8) is 0 Å². The summed E-state index contributed by atoms with van der Waals surface area (Å²) in [6, 6.07) is 9.59. The Morgan fingerprint density at radius 1 is 1.35 bits per heavy atom. The highest BCUT2D eigenvalue weighted by molar-refractivity contribution is 5.77. The van der Waals surface area contributed by atoms with Gasteiger partial charge in [-0.05, 0) is 12.5 Å². The number of alkyl halides is 2. The van der Waals surface area contributed by atoms with E-state index < -0.39 is 5.92 Å². The monoisotopic (exact) mass is 241 g/mol. The summed E-state index contributed by atoms with van der Waals surface area (Å²) >= 11 is 0. The number of guanidine groups is 1. The van der Waals surface area contributed by atoms with Crippen LogP contribution in [0.3, 0.4) is 0 Å². The van der Waals surface area contributed by atoms with Crippen LogP contribution in [-0.4, -0.2) is 18.4 Å². The Morgan fingerprint density at radius 3 is 2.59 bits per heavy atom. The molecule has 17 heavy (non-hydrogen) atoms. The highest BCUT2D eigenvalue weighted by Gasteiger charge is 2.19. The highest BCUT2D eigenvalue weighted by Crippen LogP contribution is 2.14. The zero-order valence-corrected chi connectivity index (χ0v) is 9.79. The first-order chi connectivity index (χ1) is 7.97. The maximum atomic E-state index is 12.5. The van der Waals surface area contributed by atoms with Crippen molar-refractivity contribution in [2.45, 2.75) is 25.8 Å². The van der Waals surface area contributed by atoms with Crippen molar-refractivity contribution in [1.82, 2.24) is 5.32 Å². The number of hydrogen-bond acceptors (Lipinski definition) is 1. The standard InChI is InChI=1S/C12H17F2N3/c1-12(13,14)7-8-16-11(15)17-9-10-5-3-2-4-6-10/h2-6H,7-9H2,1H3,(H3,15,16,17). The molecule has 1 aromatic rings. The zero-order chi connectivity index (χ0) is 12.7. The Bertz CT molecular complexity index is 358. The van der Waals surface area contributed by atoms with E-state index in [9.17, 15) is 8.78 Å². The molecular weight excluding hydrogens is 224 g/mol. The molecule has 0 aromatic heterocycles. The van der Waals surface area contributed by atoms with Gasteiger partial charge in [0.2, 0.25) is 5.92 Å². The van der Waals surface area contributed by atoms with Crippen LogP contribution in [0, 0.1) is 0 Å². The lowest BCUT2D eigenvalue weighted by molar-refractivity contribution is 0.0145. The van der Waals surface area contributed by atoms with E-state index in [-0.39, 0.29) is 18.9 Å². The molecule has 0 radical (unpaired) electrons. The number of nitrogens with zero attached hydrogens (tertiary/aromatic N) is 1. The third-order valence-corrected chi connectivity index (χ3v) is 2.14. The molecule has 0 atom stereocenters. The first-order valence-electron chi connectivity index (χ1n) is 5.43. The van der Waals surface area contributed by atoms with Gasteiger partial charge >= 0.3 is 0 Å². The molecule has 5 heteroatoms. The number of benzene rings is 1. The lowest BCUT2D eigenvalue weighted by atomic mass is 10.2. The maximum absolute atomic E-state index is 12.5. The smallest absolute Gasteiger partial charge is 0.247 e. The Balaban J connectivity index is 2.30. The van der Waals surface area contributed by atoms with Crippen molar-refractivity contribution < 1.29 is 8.78 Å². The number of hydrogen-bond donors (Lipinski definition) is 2. The second kappa shape index (κ2) is 6.18. The second-order valence-electron chi connectivity index (χ2n) is 3.93. The number of aliphatic imine (C=N–C) groups is 1. The minimum absolute atomic E-state index is 0.119. The van der Waals surface area contributed by atoms with Crippen LogP contribution in [0.4, 0.5) is 8.78 Å². The van der Waals surface area contributed by atoms with Crippen LogP contribution in [0.5, 0.6) is 0 Å². The predicted molar refractivity (Wildman–Crippen MR) is 65.0 cm³/mol. The maximum Gasteiger partial charge on any atom is 0.247 e. The molecule has 1 aromatic carbocycles. The van der Waals surface area contributed by atoms with E-state index in [2.05, 4.69) is 10.3 Å². The van der Waals surface area contributed by atoms with Crippen LogP contribution >= 0.6 is 0 Å². The van der Waals surface area contributed by atoms with E-state index >= 15 is 0 Å². The molecule has 0 saturated carbocycles. The van der Waals surface area contributed by atoms with Crippen LogP contribution < -0.4 is 11.1 Å². The molecule has 0 aliphatic carbocycles. The Morgan fingerprint density at radius 2 is 2.00 bits per heavy atom. The number of nitrogens with two attached hydrogens (primary N) is 1. The number of rotatable bonds is 5. The van der Waals surface area contributed by atoms with Gasteiger partial charge in [0.25, 0.3) is 0 Å². The van der Waals surface area contributed by atoms with Crippen LogP contribution in [0.25, 0.3) is 0 Å². The van der Waals surface area contributed by atoms with Crippen molar-refractivity contribution in [2.24, 2.45) is 10.7 Å². The van der Waals surface area contributed by atoms with E-state index in [0.29, 0.717) is 6.54 Å². The third kappa shape index (κ3) is 6.50. The van der Waals surface area contributed by atoms with Crippen LogP contribution in [0.2, 0.25) is 0 Å². The number of halogens is 2. The minimum Gasteiger partial charge on any atom is -0.370 e. The Labute approximate surface area is 99.7 Å². The lowest BCUT2D eigenvalue weighted by Crippen LogP contribution is -2.34. The summed E-state index contributed by atoms with van der Waals surface area (Å²) in [5.74, 6) is -2.48. The fraction of sp³-hybridized carbons (Fsp3) is 0.417. The molecule has 0 aliphatic rings. The van der Waals surface area contributed by atoms with Gasteiger partial charge in [0.15, 0.2) is 5.96 Å². The average molecular weight is 241 g/mol. The summed E-state index contributed by atoms with van der Waals surface area (Å²) < 4.78 is 25.0. The van der Waals surface area contributed by atoms with Crippen molar-refractivity contribution >= 4 is 5.96 Å². The van der Waals surface area contributed by atoms with Crippen molar-refractivity contribution in [2.75, 3.05) is 6.54 Å². The van der Waals surface area contributed by atoms with E-state index in [1.54, 1.807) is 0 Å². The molecule has 0 aliphatic heterocycles. The molecular formula is C12H17F2N3. The fourth-order valence-corrected chi connectivity index (χ4v) is 1.23. The Kier molecular flexibility index (Phi) is 4.87. The normalized spacial score (nSPS) is 12.5. The van der Waals surface area contributed by atoms with Gasteiger partial charge in [-0.15, -0.1) is 0 Å². The first-order valence-corrected chi connectivity index (χ1v) is 5.43. The molecule has 3 nitrogen and oxygen atoms in total. The van der Waals surface area contributed by atoms with Gasteiger partial charge < -0.3 is 11.1 Å². The first kappa shape index (κ1) is 13.4. The predicted octanol–water partition coefficient (Wildman–Crippen LogP) is 2.14. The topological polar surface area (TPSA) is 50.4 Å². The summed E-state index contributed by atoms with van der Waals surface area (Å²) in [7, 11) is 0. The van der Waals surface area contributed by atoms with Crippen molar-refractivity contribution in [3.8, 4) is 0 Å². The average Bonchev–Trinajstić information content (AvgIpc) is 2.26. The minimum atomic E-state index is -2.67. The van der Waals surface area contributed by atoms with E-state index in [1.807, 2.05) is 30.3 Å². The summed E-state index contributed by atoms with van der Waals surface area (Å²) in [5, 5.41) is 2.66. The van der Waals surface area contributed by atoms with E-state index in [1.165, 1.54) is 0 Å². The lowest BCUT2D eigenvalue weighted by Gasteiger charge is -2.10. The van der Waals surface area contributed by atoms with Crippen LogP contribution in [0.15, 0.2) is 35.3 Å². The Hall–Kier alpha value is -1.65. The van der Waals surface area contributed by atoms with Gasteiger partial charge in [0, 0.05) is 13.0 Å². The molecule has 0 amide bonds. The fourth-order valence-electron chi connectivity index (χ4n) is 1.23. The van der Waals surface area contributed by atoms with Gasteiger partial charge in [0.1, 0.15) is 0 Å². The zero-order valence-electron chi connectivity index (χ0n) is 9.79. The summed E-state index contributed by atoms with van der Waals surface area (Å²) in [5.41, 5.74) is 6.57. The molecule has 0 unspecified atom stereocenters. The molecule has 94 valence electrons. The second-order valence-corrected chi connectivity index (χ2v) is 3.93. The van der Waals surface area contributed by atoms with Gasteiger partial charge in [0.05, 0.1) is 6.54 Å². The molecule has 1 rings (SSSR count). The molecule has 0 heterocycles. The number of nitrogens with one attached hydrogen (secondary N) is 1. The summed E-state index contributed by atoms with van der Waals surface area (Å²) in [6.45, 7) is 1.45. The van der Waals surface area contributed by atoms with Crippen molar-refractivity contribution in [3.05, 3.63) is 35.9 Å². The molecule has 0 bridgehead atoms. The summed E-state index contributed by atoms with van der Waals surface area (Å²) in [4.78, 5) is 4.05. The molecule has 3 N–H and O–H groups in total. The third-order valence-electron chi connectivity index (χ3n) is 2.14.